The average Bonchev–Trinajstić information content (AvgIpc) is 3.49. The first kappa shape index (κ1) is 31.6. The summed E-state index contributed by atoms with van der Waals surface area (Å²) in [5, 5.41) is 24.7. The molecule has 5 fully saturated rings. The first-order valence-electron chi connectivity index (χ1n) is 16.2. The van der Waals surface area contributed by atoms with Crippen molar-refractivity contribution in [3.63, 3.8) is 0 Å². The number of fused-ring (bicyclic) bond motifs is 5. The van der Waals surface area contributed by atoms with E-state index in [1.165, 1.54) is 13.8 Å². The maximum Gasteiger partial charge on any atom is 0.331 e. The molecule has 0 radical (unpaired) electrons. The fourth-order valence-corrected chi connectivity index (χ4v) is 10.4. The van der Waals surface area contributed by atoms with E-state index in [1.807, 2.05) is 0 Å². The van der Waals surface area contributed by atoms with E-state index >= 15 is 0 Å². The van der Waals surface area contributed by atoms with E-state index in [0.717, 1.165) is 18.3 Å². The van der Waals surface area contributed by atoms with Crippen LogP contribution in [0.1, 0.15) is 91.9 Å². The van der Waals surface area contributed by atoms with Crippen LogP contribution in [0, 0.1) is 28.6 Å². The summed E-state index contributed by atoms with van der Waals surface area (Å²) in [5.41, 5.74) is -2.79. The number of carbonyl (C=O) groups excluding carboxylic acids is 4. The Hall–Kier alpha value is -2.34. The summed E-state index contributed by atoms with van der Waals surface area (Å²) in [5.74, 6) is -1.59. The Labute approximate surface area is 257 Å². The summed E-state index contributed by atoms with van der Waals surface area (Å²) in [6.07, 6.45) is 4.39. The Kier molecular flexibility index (Phi) is 8.03. The van der Waals surface area contributed by atoms with Gasteiger partial charge in [-0.25, -0.2) is 4.79 Å². The Morgan fingerprint density at radius 2 is 1.73 bits per heavy atom. The molecule has 11 heteroatoms. The van der Waals surface area contributed by atoms with Crippen LogP contribution in [0.25, 0.3) is 0 Å². The van der Waals surface area contributed by atoms with Gasteiger partial charge in [-0.2, -0.15) is 0 Å². The highest BCUT2D eigenvalue weighted by molar-refractivity contribution is 5.85. The molecule has 244 valence electrons. The Bertz CT molecular complexity index is 1230. The molecule has 0 aromatic heterocycles. The molecule has 6 aliphatic rings. The SMILES string of the molecule is CC(=O)O[C@@H]1[C@H](C)O[C@H](O[C@H]2CC[C@]3(C=O)[C@@H]4CC[C@]5(C)[C@H](C6=CC(=O)OC6)CC[C@]5(O)[C@H]4CC[C@@]3(O)C2)C[C@@H]1OC(C)=O. The molecule has 0 aromatic rings. The van der Waals surface area contributed by atoms with Crippen molar-refractivity contribution >= 4 is 24.2 Å². The lowest BCUT2D eigenvalue weighted by Crippen LogP contribution is -2.69. The van der Waals surface area contributed by atoms with Gasteiger partial charge in [-0.1, -0.05) is 6.92 Å². The molecular formula is C33H46O11. The lowest BCUT2D eigenvalue weighted by Gasteiger charge is -2.65. The maximum atomic E-state index is 13.1. The van der Waals surface area contributed by atoms with Crippen LogP contribution in [0.5, 0.6) is 0 Å². The summed E-state index contributed by atoms with van der Waals surface area (Å²) in [4.78, 5) is 48.4. The molecule has 2 N–H and O–H groups in total. The van der Waals surface area contributed by atoms with Gasteiger partial charge in [-0.15, -0.1) is 0 Å². The number of aldehydes is 1. The molecule has 6 rings (SSSR count). The zero-order chi connectivity index (χ0) is 31.7. The van der Waals surface area contributed by atoms with Crippen LogP contribution in [0.2, 0.25) is 0 Å². The molecule has 4 saturated carbocycles. The molecule has 0 unspecified atom stereocenters. The number of esters is 3. The molecule has 1 saturated heterocycles. The summed E-state index contributed by atoms with van der Waals surface area (Å²) in [7, 11) is 0. The molecular weight excluding hydrogens is 572 g/mol. The zero-order valence-corrected chi connectivity index (χ0v) is 26.1. The van der Waals surface area contributed by atoms with Crippen molar-refractivity contribution < 1.29 is 53.1 Å². The van der Waals surface area contributed by atoms with Crippen LogP contribution in [-0.4, -0.2) is 82.9 Å². The predicted octanol–water partition coefficient (Wildman–Crippen LogP) is 2.92. The second-order valence-electron chi connectivity index (χ2n) is 14.5. The minimum Gasteiger partial charge on any atom is -0.458 e. The number of cyclic esters (lactones) is 1. The van der Waals surface area contributed by atoms with Crippen molar-refractivity contribution in [3.8, 4) is 0 Å². The number of rotatable bonds is 6. The number of hydrogen-bond acceptors (Lipinski definition) is 11. The Balaban J connectivity index is 1.18. The van der Waals surface area contributed by atoms with E-state index in [1.54, 1.807) is 13.0 Å². The quantitative estimate of drug-likeness (QED) is 0.195. The summed E-state index contributed by atoms with van der Waals surface area (Å²) < 4.78 is 28.5. The number of aliphatic hydroxyl groups is 2. The highest BCUT2D eigenvalue weighted by Gasteiger charge is 2.71. The number of ether oxygens (including phenoxy) is 5. The fourth-order valence-electron chi connectivity index (χ4n) is 10.4. The molecule has 0 bridgehead atoms. The third-order valence-electron chi connectivity index (χ3n) is 12.4. The van der Waals surface area contributed by atoms with E-state index in [9.17, 15) is 29.4 Å². The third-order valence-corrected chi connectivity index (χ3v) is 12.4. The summed E-state index contributed by atoms with van der Waals surface area (Å²) in [6, 6.07) is 0. The van der Waals surface area contributed by atoms with Crippen molar-refractivity contribution in [2.45, 2.75) is 134 Å². The van der Waals surface area contributed by atoms with Crippen LogP contribution < -0.4 is 0 Å². The van der Waals surface area contributed by atoms with Gasteiger partial charge in [0.15, 0.2) is 12.4 Å². The smallest absolute Gasteiger partial charge is 0.331 e. The lowest BCUT2D eigenvalue weighted by molar-refractivity contribution is -0.288. The normalized spacial score (nSPS) is 48.2. The molecule has 2 aliphatic heterocycles. The molecule has 4 aliphatic carbocycles. The van der Waals surface area contributed by atoms with Crippen molar-refractivity contribution in [1.82, 2.24) is 0 Å². The predicted molar refractivity (Wildman–Crippen MR) is 153 cm³/mol. The van der Waals surface area contributed by atoms with Gasteiger partial charge in [0, 0.05) is 38.2 Å². The van der Waals surface area contributed by atoms with Crippen molar-refractivity contribution in [2.75, 3.05) is 6.61 Å². The zero-order valence-electron chi connectivity index (χ0n) is 26.1. The minimum atomic E-state index is -1.30. The topological polar surface area (TPSA) is 155 Å². The highest BCUT2D eigenvalue weighted by atomic mass is 16.7. The van der Waals surface area contributed by atoms with Crippen LogP contribution in [-0.2, 0) is 42.9 Å². The standard InChI is InChI=1S/C33H46O11/c1-18-29(43-20(3)36)26(42-19(2)35)14-28(41-18)44-22-5-10-31(17-34)24-6-9-30(4)23(21-13-27(37)40-16-21)8-12-33(30,39)25(24)7-11-32(31,38)15-22/h13,17-18,22-26,28-29,38-39H,5-12,14-16H2,1-4H3/t18-,22-,23-,24+,25-,26-,28+,29+,30+,31-,32+,33-/m0/s1. The molecule has 0 aromatic carbocycles. The van der Waals surface area contributed by atoms with Gasteiger partial charge in [-0.05, 0) is 81.6 Å². The van der Waals surface area contributed by atoms with E-state index in [0.29, 0.717) is 44.9 Å². The van der Waals surface area contributed by atoms with E-state index in [2.05, 4.69) is 6.92 Å². The van der Waals surface area contributed by atoms with Crippen LogP contribution >= 0.6 is 0 Å². The minimum absolute atomic E-state index is 0.0474. The van der Waals surface area contributed by atoms with Gasteiger partial charge >= 0.3 is 17.9 Å². The van der Waals surface area contributed by atoms with Gasteiger partial charge in [0.05, 0.1) is 28.8 Å². The molecule has 0 spiro atoms. The average molecular weight is 619 g/mol. The Morgan fingerprint density at radius 1 is 1.00 bits per heavy atom. The van der Waals surface area contributed by atoms with Crippen molar-refractivity contribution in [2.24, 2.45) is 28.6 Å². The lowest BCUT2D eigenvalue weighted by atomic mass is 9.41. The van der Waals surface area contributed by atoms with Crippen LogP contribution in [0.3, 0.4) is 0 Å². The molecule has 11 nitrogen and oxygen atoms in total. The summed E-state index contributed by atoms with van der Waals surface area (Å²) >= 11 is 0. The molecule has 12 atom stereocenters. The van der Waals surface area contributed by atoms with Gasteiger partial charge in [0.1, 0.15) is 19.0 Å². The fraction of sp³-hybridized carbons (Fsp3) is 0.818. The monoisotopic (exact) mass is 618 g/mol. The summed E-state index contributed by atoms with van der Waals surface area (Å²) in [6.45, 7) is 6.72. The first-order chi connectivity index (χ1) is 20.7. The van der Waals surface area contributed by atoms with E-state index in [-0.39, 0.29) is 43.2 Å². The van der Waals surface area contributed by atoms with Crippen molar-refractivity contribution in [1.29, 1.82) is 0 Å². The highest BCUT2D eigenvalue weighted by Crippen LogP contribution is 2.70. The number of hydrogen-bond donors (Lipinski definition) is 2. The Morgan fingerprint density at radius 3 is 2.39 bits per heavy atom. The molecule has 0 amide bonds. The number of carbonyl (C=O) groups is 4. The van der Waals surface area contributed by atoms with Crippen LogP contribution in [0.15, 0.2) is 11.6 Å². The molecule has 2 heterocycles. The first-order valence-corrected chi connectivity index (χ1v) is 16.2. The van der Waals surface area contributed by atoms with Crippen LogP contribution in [0.4, 0.5) is 0 Å². The van der Waals surface area contributed by atoms with Gasteiger partial charge in [-0.3, -0.25) is 9.59 Å². The maximum absolute atomic E-state index is 13.1. The second-order valence-corrected chi connectivity index (χ2v) is 14.5. The third kappa shape index (κ3) is 4.84. The largest absolute Gasteiger partial charge is 0.458 e. The van der Waals surface area contributed by atoms with Gasteiger partial charge in [0.25, 0.3) is 0 Å². The van der Waals surface area contributed by atoms with Crippen molar-refractivity contribution in [3.05, 3.63) is 11.6 Å². The van der Waals surface area contributed by atoms with E-state index < -0.39 is 64.7 Å². The van der Waals surface area contributed by atoms with Gasteiger partial charge < -0.3 is 38.7 Å². The van der Waals surface area contributed by atoms with E-state index in [4.69, 9.17) is 23.7 Å². The second kappa shape index (κ2) is 11.2. The molecule has 44 heavy (non-hydrogen) atoms. The van der Waals surface area contributed by atoms with Gasteiger partial charge in [0.2, 0.25) is 0 Å².